The number of nitrogens with zero attached hydrogens (tertiary/aromatic N) is 3. The van der Waals surface area contributed by atoms with Crippen molar-refractivity contribution in [2.45, 2.75) is 25.4 Å². The fraction of sp³-hybridized carbons (Fsp3) is 0.364. The molecule has 31 heavy (non-hydrogen) atoms. The molecule has 1 fully saturated rings. The molecule has 2 aromatic rings. The Hall–Kier alpha value is -3.62. The number of rotatable bonds is 7. The van der Waals surface area contributed by atoms with Gasteiger partial charge >= 0.3 is 6.09 Å². The third-order valence-corrected chi connectivity index (χ3v) is 5.20. The summed E-state index contributed by atoms with van der Waals surface area (Å²) < 4.78 is 0. The molecule has 1 aliphatic heterocycles. The van der Waals surface area contributed by atoms with Gasteiger partial charge in [-0.25, -0.2) is 4.79 Å². The third-order valence-electron chi connectivity index (χ3n) is 5.20. The van der Waals surface area contributed by atoms with Crippen molar-refractivity contribution in [1.82, 2.24) is 20.5 Å². The fourth-order valence-electron chi connectivity index (χ4n) is 3.56. The molecule has 164 valence electrons. The maximum Gasteiger partial charge on any atom is 0.405 e. The summed E-state index contributed by atoms with van der Waals surface area (Å²) in [7, 11) is 0. The number of nitrogens with one attached hydrogen (secondary N) is 2. The average Bonchev–Trinajstić information content (AvgIpc) is 2.79. The number of carbonyl (C=O) groups is 3. The monoisotopic (exact) mass is 425 g/mol. The molecule has 3 rings (SSSR count). The predicted octanol–water partition coefficient (Wildman–Crippen LogP) is 1.11. The maximum absolute atomic E-state index is 12.8. The van der Waals surface area contributed by atoms with Crippen molar-refractivity contribution in [1.29, 1.82) is 0 Å². The van der Waals surface area contributed by atoms with E-state index < -0.39 is 24.1 Å². The Morgan fingerprint density at radius 2 is 1.68 bits per heavy atom. The van der Waals surface area contributed by atoms with Gasteiger partial charge in [0.1, 0.15) is 12.1 Å². The Labute approximate surface area is 181 Å². The number of piperazine rings is 1. The number of aromatic nitrogens is 1. The summed E-state index contributed by atoms with van der Waals surface area (Å²) in [5.74, 6) is -0.746. The lowest BCUT2D eigenvalue weighted by Gasteiger charge is -2.37. The van der Waals surface area contributed by atoms with Crippen LogP contribution in [0.4, 0.5) is 10.5 Å². The predicted molar refractivity (Wildman–Crippen MR) is 116 cm³/mol. The molecule has 0 unspecified atom stereocenters. The van der Waals surface area contributed by atoms with E-state index in [1.54, 1.807) is 36.2 Å². The molecule has 3 amide bonds. The van der Waals surface area contributed by atoms with Crippen LogP contribution in [0, 0.1) is 0 Å². The molecule has 2 atom stereocenters. The second-order valence-corrected chi connectivity index (χ2v) is 7.41. The minimum Gasteiger partial charge on any atom is -0.465 e. The number of anilines is 1. The lowest BCUT2D eigenvalue weighted by atomic mass is 10.1. The van der Waals surface area contributed by atoms with E-state index in [2.05, 4.69) is 20.5 Å². The molecule has 0 aliphatic carbocycles. The van der Waals surface area contributed by atoms with Crippen LogP contribution in [0.3, 0.4) is 0 Å². The zero-order valence-electron chi connectivity index (χ0n) is 17.4. The first-order chi connectivity index (χ1) is 14.9. The quantitative estimate of drug-likeness (QED) is 0.612. The number of carboxylic acid groups (broad SMARTS) is 1. The summed E-state index contributed by atoms with van der Waals surface area (Å²) in [5.41, 5.74) is 1.69. The molecular formula is C22H27N5O4. The van der Waals surface area contributed by atoms with E-state index >= 15 is 0 Å². The van der Waals surface area contributed by atoms with Crippen molar-refractivity contribution < 1.29 is 19.5 Å². The molecule has 1 aliphatic rings. The Balaban J connectivity index is 1.55. The van der Waals surface area contributed by atoms with Crippen molar-refractivity contribution in [3.8, 4) is 0 Å². The molecule has 0 saturated carbocycles. The molecule has 0 bridgehead atoms. The van der Waals surface area contributed by atoms with Crippen molar-refractivity contribution >= 4 is 23.6 Å². The maximum atomic E-state index is 12.8. The molecule has 1 aromatic heterocycles. The van der Waals surface area contributed by atoms with Gasteiger partial charge < -0.3 is 25.5 Å². The highest BCUT2D eigenvalue weighted by Crippen LogP contribution is 2.16. The number of para-hydroxylation sites is 1. The highest BCUT2D eigenvalue weighted by molar-refractivity contribution is 5.91. The molecular weight excluding hydrogens is 398 g/mol. The van der Waals surface area contributed by atoms with E-state index in [0.717, 1.165) is 5.69 Å². The van der Waals surface area contributed by atoms with Crippen molar-refractivity contribution in [3.63, 3.8) is 0 Å². The van der Waals surface area contributed by atoms with Gasteiger partial charge in [-0.15, -0.1) is 0 Å². The molecule has 9 nitrogen and oxygen atoms in total. The van der Waals surface area contributed by atoms with Crippen LogP contribution in [0.25, 0.3) is 0 Å². The van der Waals surface area contributed by atoms with E-state index in [4.69, 9.17) is 5.11 Å². The lowest BCUT2D eigenvalue weighted by Crippen LogP contribution is -2.57. The van der Waals surface area contributed by atoms with Crippen LogP contribution in [-0.4, -0.2) is 71.2 Å². The SMILES string of the molecule is C[C@H](NC(=O)[C@H](Cc1ccccn1)NC(=O)O)C(=O)N1CCN(c2ccccc2)CC1. The van der Waals surface area contributed by atoms with Crippen LogP contribution in [0.5, 0.6) is 0 Å². The number of hydrogen-bond donors (Lipinski definition) is 3. The largest absolute Gasteiger partial charge is 0.465 e. The topological polar surface area (TPSA) is 115 Å². The second kappa shape index (κ2) is 10.4. The highest BCUT2D eigenvalue weighted by atomic mass is 16.4. The van der Waals surface area contributed by atoms with Gasteiger partial charge in [-0.2, -0.15) is 0 Å². The van der Waals surface area contributed by atoms with Gasteiger partial charge in [0.05, 0.1) is 0 Å². The minimum atomic E-state index is -1.31. The van der Waals surface area contributed by atoms with Gasteiger partial charge in [0.15, 0.2) is 0 Å². The van der Waals surface area contributed by atoms with Gasteiger partial charge in [0.2, 0.25) is 11.8 Å². The van der Waals surface area contributed by atoms with Gasteiger partial charge in [-0.3, -0.25) is 14.6 Å². The van der Waals surface area contributed by atoms with Gasteiger partial charge in [-0.1, -0.05) is 24.3 Å². The zero-order chi connectivity index (χ0) is 22.2. The van der Waals surface area contributed by atoms with Crippen LogP contribution >= 0.6 is 0 Å². The average molecular weight is 425 g/mol. The first kappa shape index (κ1) is 22.1. The van der Waals surface area contributed by atoms with Gasteiger partial charge in [-0.05, 0) is 31.2 Å². The smallest absolute Gasteiger partial charge is 0.405 e. The highest BCUT2D eigenvalue weighted by Gasteiger charge is 2.29. The second-order valence-electron chi connectivity index (χ2n) is 7.41. The summed E-state index contributed by atoms with van der Waals surface area (Å²) in [6.07, 6.45) is 0.356. The molecule has 2 heterocycles. The molecule has 1 aromatic carbocycles. The van der Waals surface area contributed by atoms with Crippen LogP contribution in [0.15, 0.2) is 54.7 Å². The number of amides is 3. The minimum absolute atomic E-state index is 0.0929. The van der Waals surface area contributed by atoms with Crippen LogP contribution in [-0.2, 0) is 16.0 Å². The van der Waals surface area contributed by atoms with Gasteiger partial charge in [0, 0.05) is 50.2 Å². The molecule has 0 spiro atoms. The first-order valence-electron chi connectivity index (χ1n) is 10.2. The van der Waals surface area contributed by atoms with E-state index in [9.17, 15) is 14.4 Å². The number of carbonyl (C=O) groups excluding carboxylic acids is 2. The van der Waals surface area contributed by atoms with Crippen molar-refractivity contribution in [2.24, 2.45) is 0 Å². The molecule has 9 heteroatoms. The van der Waals surface area contributed by atoms with Crippen LogP contribution in [0.2, 0.25) is 0 Å². The Kier molecular flexibility index (Phi) is 7.42. The van der Waals surface area contributed by atoms with E-state index in [-0.39, 0.29) is 12.3 Å². The fourth-order valence-corrected chi connectivity index (χ4v) is 3.56. The summed E-state index contributed by atoms with van der Waals surface area (Å²) >= 11 is 0. The Morgan fingerprint density at radius 1 is 1.00 bits per heavy atom. The summed E-state index contributed by atoms with van der Waals surface area (Å²) in [6, 6.07) is 13.4. The molecule has 0 radical (unpaired) electrons. The van der Waals surface area contributed by atoms with E-state index in [1.807, 2.05) is 30.3 Å². The third kappa shape index (κ3) is 6.18. The molecule has 1 saturated heterocycles. The first-order valence-corrected chi connectivity index (χ1v) is 10.2. The normalized spacial score (nSPS) is 15.6. The van der Waals surface area contributed by atoms with Gasteiger partial charge in [0.25, 0.3) is 0 Å². The number of hydrogen-bond acceptors (Lipinski definition) is 5. The Morgan fingerprint density at radius 3 is 2.29 bits per heavy atom. The zero-order valence-corrected chi connectivity index (χ0v) is 17.4. The number of benzene rings is 1. The van der Waals surface area contributed by atoms with E-state index in [1.165, 1.54) is 0 Å². The standard InChI is InChI=1S/C22H27N5O4/c1-16(21(29)27-13-11-26(12-14-27)18-8-3-2-4-9-18)24-20(28)19(25-22(30)31)15-17-7-5-6-10-23-17/h2-10,16,19,25H,11-15H2,1H3,(H,24,28)(H,30,31)/t16-,19-/m0/s1. The Bertz CT molecular complexity index is 885. The summed E-state index contributed by atoms with van der Waals surface area (Å²) in [4.78, 5) is 44.7. The lowest BCUT2D eigenvalue weighted by molar-refractivity contribution is -0.136. The van der Waals surface area contributed by atoms with Crippen LogP contribution in [0.1, 0.15) is 12.6 Å². The van der Waals surface area contributed by atoms with E-state index in [0.29, 0.717) is 31.9 Å². The van der Waals surface area contributed by atoms with Crippen LogP contribution < -0.4 is 15.5 Å². The summed E-state index contributed by atoms with van der Waals surface area (Å²) in [6.45, 7) is 4.14. The summed E-state index contributed by atoms with van der Waals surface area (Å²) in [5, 5.41) is 13.9. The number of pyridine rings is 1. The van der Waals surface area contributed by atoms with Crippen molar-refractivity contribution in [2.75, 3.05) is 31.1 Å². The molecule has 3 N–H and O–H groups in total. The van der Waals surface area contributed by atoms with Crippen molar-refractivity contribution in [3.05, 3.63) is 60.4 Å².